The van der Waals surface area contributed by atoms with Gasteiger partial charge in [-0.05, 0) is 20.8 Å². The van der Waals surface area contributed by atoms with E-state index in [0.717, 1.165) is 11.5 Å². The Balaban J connectivity index is 2.32. The molecule has 1 unspecified atom stereocenters. The number of carbonyl (C=O) groups is 2. The van der Waals surface area contributed by atoms with Crippen LogP contribution in [0, 0.1) is 12.8 Å². The third-order valence-corrected chi connectivity index (χ3v) is 3.13. The molecule has 0 aliphatic carbocycles. The number of aryl methyl sites for hydroxylation is 1. The van der Waals surface area contributed by atoms with E-state index < -0.39 is 11.8 Å². The third kappa shape index (κ3) is 2.10. The maximum absolute atomic E-state index is 12.0. The highest BCUT2D eigenvalue weighted by molar-refractivity contribution is 5.99. The van der Waals surface area contributed by atoms with Gasteiger partial charge in [0.2, 0.25) is 11.8 Å². The summed E-state index contributed by atoms with van der Waals surface area (Å²) in [6.45, 7) is 6.24. The second kappa shape index (κ2) is 4.44. The second-order valence-corrected chi connectivity index (χ2v) is 4.99. The van der Waals surface area contributed by atoms with Crippen LogP contribution in [-0.4, -0.2) is 28.1 Å². The molecular weight excluding hydrogens is 232 g/mol. The first kappa shape index (κ1) is 12.6. The van der Waals surface area contributed by atoms with Gasteiger partial charge >= 0.3 is 0 Å². The van der Waals surface area contributed by atoms with Crippen molar-refractivity contribution >= 4 is 17.6 Å². The fourth-order valence-corrected chi connectivity index (χ4v) is 2.20. The molecule has 1 atom stereocenters. The molecule has 1 aromatic rings. The molecule has 0 bridgehead atoms. The average Bonchev–Trinajstić information content (AvgIpc) is 2.81. The number of rotatable bonds is 3. The summed E-state index contributed by atoms with van der Waals surface area (Å²) in [5, 5.41) is 4.37. The van der Waals surface area contributed by atoms with Gasteiger partial charge in [-0.25, -0.2) is 4.68 Å². The van der Waals surface area contributed by atoms with Crippen LogP contribution in [0.4, 0.5) is 5.82 Å². The number of hydrogen-bond acceptors (Lipinski definition) is 3. The van der Waals surface area contributed by atoms with Crippen LogP contribution in [0.1, 0.15) is 32.0 Å². The van der Waals surface area contributed by atoms with Gasteiger partial charge in [-0.1, -0.05) is 0 Å². The number of anilines is 1. The number of nitrogens with zero attached hydrogens (tertiary/aromatic N) is 3. The summed E-state index contributed by atoms with van der Waals surface area (Å²) in [6, 6.07) is 2.02. The van der Waals surface area contributed by atoms with E-state index >= 15 is 0 Å². The van der Waals surface area contributed by atoms with Crippen LogP contribution < -0.4 is 10.6 Å². The molecule has 2 N–H and O–H groups in total. The first-order valence-electron chi connectivity index (χ1n) is 6.06. The summed E-state index contributed by atoms with van der Waals surface area (Å²) in [5.41, 5.74) is 6.12. The van der Waals surface area contributed by atoms with E-state index in [4.69, 9.17) is 5.73 Å². The lowest BCUT2D eigenvalue weighted by molar-refractivity contribution is -0.123. The SMILES string of the molecule is Cc1cc(N2CC(C(N)=O)CC2=O)n(C(C)C)n1. The van der Waals surface area contributed by atoms with E-state index in [1.165, 1.54) is 0 Å². The van der Waals surface area contributed by atoms with Gasteiger partial charge < -0.3 is 5.73 Å². The number of carbonyl (C=O) groups excluding carboxylic acids is 2. The molecule has 2 heterocycles. The molecule has 1 aromatic heterocycles. The summed E-state index contributed by atoms with van der Waals surface area (Å²) in [4.78, 5) is 24.7. The molecule has 6 heteroatoms. The maximum atomic E-state index is 12.0. The summed E-state index contributed by atoms with van der Waals surface area (Å²) in [7, 11) is 0. The summed E-state index contributed by atoms with van der Waals surface area (Å²) in [6.07, 6.45) is 0.192. The molecule has 2 rings (SSSR count). The molecule has 0 aromatic carbocycles. The molecule has 2 amide bonds. The Morgan fingerprint density at radius 2 is 2.22 bits per heavy atom. The van der Waals surface area contributed by atoms with Crippen LogP contribution in [0.25, 0.3) is 0 Å². The molecule has 0 radical (unpaired) electrons. The van der Waals surface area contributed by atoms with Crippen LogP contribution in [0.2, 0.25) is 0 Å². The lowest BCUT2D eigenvalue weighted by Gasteiger charge is -2.19. The van der Waals surface area contributed by atoms with Crippen molar-refractivity contribution in [2.75, 3.05) is 11.4 Å². The van der Waals surface area contributed by atoms with Crippen LogP contribution in [0.3, 0.4) is 0 Å². The fourth-order valence-electron chi connectivity index (χ4n) is 2.20. The largest absolute Gasteiger partial charge is 0.369 e. The highest BCUT2D eigenvalue weighted by Gasteiger charge is 2.35. The molecule has 1 aliphatic rings. The first-order chi connectivity index (χ1) is 8.40. The molecule has 1 aliphatic heterocycles. The normalized spacial score (nSPS) is 19.9. The van der Waals surface area contributed by atoms with E-state index in [1.54, 1.807) is 9.58 Å². The van der Waals surface area contributed by atoms with Gasteiger partial charge in [-0.15, -0.1) is 0 Å². The standard InChI is InChI=1S/C12H18N4O2/c1-7(2)16-10(4-8(3)14-16)15-6-9(12(13)18)5-11(15)17/h4,7,9H,5-6H2,1-3H3,(H2,13,18). The Hall–Kier alpha value is -1.85. The summed E-state index contributed by atoms with van der Waals surface area (Å²) in [5.74, 6) is -0.136. The van der Waals surface area contributed by atoms with Crippen molar-refractivity contribution < 1.29 is 9.59 Å². The van der Waals surface area contributed by atoms with Crippen molar-refractivity contribution in [3.8, 4) is 0 Å². The highest BCUT2D eigenvalue weighted by Crippen LogP contribution is 2.27. The minimum absolute atomic E-state index is 0.0689. The molecule has 0 spiro atoms. The van der Waals surface area contributed by atoms with Gasteiger partial charge in [0.25, 0.3) is 0 Å². The van der Waals surface area contributed by atoms with Gasteiger partial charge in [0.1, 0.15) is 5.82 Å². The predicted molar refractivity (Wildman–Crippen MR) is 67.0 cm³/mol. The predicted octanol–water partition coefficient (Wildman–Crippen LogP) is 0.611. The quantitative estimate of drug-likeness (QED) is 0.853. The molecule has 0 saturated carbocycles. The zero-order chi connectivity index (χ0) is 13.4. The van der Waals surface area contributed by atoms with Crippen LogP contribution in [-0.2, 0) is 9.59 Å². The average molecular weight is 250 g/mol. The van der Waals surface area contributed by atoms with Gasteiger partial charge in [-0.2, -0.15) is 5.10 Å². The topological polar surface area (TPSA) is 81.2 Å². The fraction of sp³-hybridized carbons (Fsp3) is 0.583. The second-order valence-electron chi connectivity index (χ2n) is 4.99. The van der Waals surface area contributed by atoms with Crippen molar-refractivity contribution in [1.29, 1.82) is 0 Å². The van der Waals surface area contributed by atoms with E-state index in [1.807, 2.05) is 26.8 Å². The zero-order valence-corrected chi connectivity index (χ0v) is 10.9. The lowest BCUT2D eigenvalue weighted by atomic mass is 10.1. The van der Waals surface area contributed by atoms with Crippen molar-refractivity contribution in [2.24, 2.45) is 11.7 Å². The minimum atomic E-state index is -0.418. The smallest absolute Gasteiger partial charge is 0.229 e. The van der Waals surface area contributed by atoms with E-state index in [9.17, 15) is 9.59 Å². The molecule has 18 heavy (non-hydrogen) atoms. The monoisotopic (exact) mass is 250 g/mol. The molecule has 1 fully saturated rings. The number of aromatic nitrogens is 2. The third-order valence-electron chi connectivity index (χ3n) is 3.13. The van der Waals surface area contributed by atoms with E-state index in [0.29, 0.717) is 6.54 Å². The molecule has 1 saturated heterocycles. The maximum Gasteiger partial charge on any atom is 0.229 e. The zero-order valence-electron chi connectivity index (χ0n) is 10.9. The Labute approximate surface area is 106 Å². The van der Waals surface area contributed by atoms with Crippen molar-refractivity contribution in [3.05, 3.63) is 11.8 Å². The van der Waals surface area contributed by atoms with E-state index in [-0.39, 0.29) is 18.4 Å². The minimum Gasteiger partial charge on any atom is -0.369 e. The number of hydrogen-bond donors (Lipinski definition) is 1. The highest BCUT2D eigenvalue weighted by atomic mass is 16.2. The summed E-state index contributed by atoms with van der Waals surface area (Å²) < 4.78 is 1.80. The van der Waals surface area contributed by atoms with Crippen LogP contribution >= 0.6 is 0 Å². The van der Waals surface area contributed by atoms with E-state index in [2.05, 4.69) is 5.10 Å². The summed E-state index contributed by atoms with van der Waals surface area (Å²) >= 11 is 0. The first-order valence-corrected chi connectivity index (χ1v) is 6.06. The number of nitrogens with two attached hydrogens (primary N) is 1. The Morgan fingerprint density at radius 1 is 1.56 bits per heavy atom. The van der Waals surface area contributed by atoms with Gasteiger partial charge in [0, 0.05) is 25.1 Å². The van der Waals surface area contributed by atoms with Crippen LogP contribution in [0.15, 0.2) is 6.07 Å². The van der Waals surface area contributed by atoms with Crippen molar-refractivity contribution in [2.45, 2.75) is 33.2 Å². The van der Waals surface area contributed by atoms with Gasteiger partial charge in [0.05, 0.1) is 11.6 Å². The molecule has 98 valence electrons. The number of amides is 2. The Morgan fingerprint density at radius 3 is 2.72 bits per heavy atom. The lowest BCUT2D eigenvalue weighted by Crippen LogP contribution is -2.30. The Bertz CT molecular complexity index is 492. The van der Waals surface area contributed by atoms with Crippen molar-refractivity contribution in [3.63, 3.8) is 0 Å². The molecule has 6 nitrogen and oxygen atoms in total. The molecular formula is C12H18N4O2. The number of primary amides is 1. The Kier molecular flexibility index (Phi) is 3.11. The van der Waals surface area contributed by atoms with Gasteiger partial charge in [-0.3, -0.25) is 14.5 Å². The van der Waals surface area contributed by atoms with Gasteiger partial charge in [0.15, 0.2) is 0 Å². The van der Waals surface area contributed by atoms with Crippen molar-refractivity contribution in [1.82, 2.24) is 9.78 Å². The van der Waals surface area contributed by atoms with Crippen LogP contribution in [0.5, 0.6) is 0 Å².